The second-order valence-corrected chi connectivity index (χ2v) is 6.13. The number of aliphatic hydroxyl groups is 1. The Hall–Kier alpha value is -1.34. The molecule has 1 saturated carbocycles. The van der Waals surface area contributed by atoms with Gasteiger partial charge in [0.2, 0.25) is 0 Å². The predicted molar refractivity (Wildman–Crippen MR) is 82.1 cm³/mol. The van der Waals surface area contributed by atoms with E-state index in [2.05, 4.69) is 36.6 Å². The summed E-state index contributed by atoms with van der Waals surface area (Å²) >= 11 is 3.46. The van der Waals surface area contributed by atoms with Gasteiger partial charge in [-0.05, 0) is 28.8 Å². The van der Waals surface area contributed by atoms with E-state index in [9.17, 15) is 5.11 Å². The molecule has 3 N–H and O–H groups in total. The van der Waals surface area contributed by atoms with Crippen LogP contribution in [0.2, 0.25) is 0 Å². The molecule has 0 spiro atoms. The summed E-state index contributed by atoms with van der Waals surface area (Å²) in [6, 6.07) is 1.92. The van der Waals surface area contributed by atoms with Gasteiger partial charge in [0.25, 0.3) is 0 Å². The smallest absolute Gasteiger partial charge is 0.173 e. The number of anilines is 2. The van der Waals surface area contributed by atoms with E-state index < -0.39 is 0 Å². The Morgan fingerprint density at radius 1 is 1.45 bits per heavy atom. The molecule has 1 fully saturated rings. The molecule has 3 rings (SSSR count). The summed E-state index contributed by atoms with van der Waals surface area (Å²) in [6.07, 6.45) is 5.97. The molecule has 20 heavy (non-hydrogen) atoms. The van der Waals surface area contributed by atoms with Crippen molar-refractivity contribution in [1.29, 1.82) is 0 Å². The van der Waals surface area contributed by atoms with E-state index in [0.717, 1.165) is 47.4 Å². The molecule has 0 bridgehead atoms. The van der Waals surface area contributed by atoms with Crippen LogP contribution in [-0.4, -0.2) is 38.9 Å². The molecule has 0 aliphatic heterocycles. The Balaban J connectivity index is 2.01. The molecular weight excluding hydrogens is 322 g/mol. The number of aromatic nitrogens is 3. The van der Waals surface area contributed by atoms with Crippen LogP contribution >= 0.6 is 15.9 Å². The van der Waals surface area contributed by atoms with E-state index in [-0.39, 0.29) is 12.1 Å². The fraction of sp³-hybridized carbons (Fsp3) is 0.538. The van der Waals surface area contributed by atoms with Gasteiger partial charge in [0.05, 0.1) is 22.8 Å². The SMILES string of the molecule is CNc1cc(NC2(CO)CCCC2)nc2c(Br)cnn12. The quantitative estimate of drug-likeness (QED) is 0.796. The maximum Gasteiger partial charge on any atom is 0.173 e. The van der Waals surface area contributed by atoms with Gasteiger partial charge in [-0.25, -0.2) is 4.98 Å². The van der Waals surface area contributed by atoms with Crippen LogP contribution in [0.3, 0.4) is 0 Å². The average Bonchev–Trinajstić information content (AvgIpc) is 3.07. The molecule has 2 heterocycles. The van der Waals surface area contributed by atoms with Gasteiger partial charge in [-0.3, -0.25) is 0 Å². The largest absolute Gasteiger partial charge is 0.394 e. The zero-order valence-corrected chi connectivity index (χ0v) is 12.9. The zero-order chi connectivity index (χ0) is 14.2. The maximum atomic E-state index is 9.70. The monoisotopic (exact) mass is 339 g/mol. The van der Waals surface area contributed by atoms with Gasteiger partial charge in [0, 0.05) is 13.1 Å². The fourth-order valence-electron chi connectivity index (χ4n) is 2.82. The molecule has 2 aromatic rings. The highest BCUT2D eigenvalue weighted by atomic mass is 79.9. The van der Waals surface area contributed by atoms with Gasteiger partial charge in [0.15, 0.2) is 5.65 Å². The van der Waals surface area contributed by atoms with Crippen molar-refractivity contribution in [2.45, 2.75) is 31.2 Å². The van der Waals surface area contributed by atoms with Gasteiger partial charge >= 0.3 is 0 Å². The summed E-state index contributed by atoms with van der Waals surface area (Å²) < 4.78 is 2.59. The van der Waals surface area contributed by atoms with Crippen molar-refractivity contribution in [3.05, 3.63) is 16.7 Å². The average molecular weight is 340 g/mol. The Morgan fingerprint density at radius 2 is 2.20 bits per heavy atom. The van der Waals surface area contributed by atoms with Crippen molar-refractivity contribution in [2.75, 3.05) is 24.3 Å². The van der Waals surface area contributed by atoms with Crippen LogP contribution in [0.4, 0.5) is 11.6 Å². The molecule has 0 radical (unpaired) electrons. The lowest BCUT2D eigenvalue weighted by molar-refractivity contribution is 0.214. The summed E-state index contributed by atoms with van der Waals surface area (Å²) in [5, 5.41) is 20.5. The first kappa shape index (κ1) is 13.6. The summed E-state index contributed by atoms with van der Waals surface area (Å²) in [4.78, 5) is 4.59. The first-order chi connectivity index (χ1) is 9.67. The molecule has 1 aliphatic carbocycles. The van der Waals surface area contributed by atoms with Crippen LogP contribution in [0.1, 0.15) is 25.7 Å². The summed E-state index contributed by atoms with van der Waals surface area (Å²) in [5.74, 6) is 1.62. The number of hydrogen-bond donors (Lipinski definition) is 3. The molecule has 0 unspecified atom stereocenters. The van der Waals surface area contributed by atoms with Crippen LogP contribution in [-0.2, 0) is 0 Å². The van der Waals surface area contributed by atoms with Gasteiger partial charge < -0.3 is 15.7 Å². The third kappa shape index (κ3) is 2.25. The molecule has 0 saturated heterocycles. The minimum Gasteiger partial charge on any atom is -0.394 e. The zero-order valence-electron chi connectivity index (χ0n) is 11.4. The summed E-state index contributed by atoms with van der Waals surface area (Å²) in [5.41, 5.74) is 0.522. The summed E-state index contributed by atoms with van der Waals surface area (Å²) in [7, 11) is 1.85. The predicted octanol–water partition coefficient (Wildman–Crippen LogP) is 2.25. The lowest BCUT2D eigenvalue weighted by Crippen LogP contribution is -2.39. The Kier molecular flexibility index (Phi) is 3.55. The fourth-order valence-corrected chi connectivity index (χ4v) is 3.17. The van der Waals surface area contributed by atoms with Crippen LogP contribution in [0.25, 0.3) is 5.65 Å². The molecule has 2 aromatic heterocycles. The van der Waals surface area contributed by atoms with Crippen LogP contribution < -0.4 is 10.6 Å². The lowest BCUT2D eigenvalue weighted by atomic mass is 9.99. The number of rotatable bonds is 4. The molecule has 1 aliphatic rings. The number of fused-ring (bicyclic) bond motifs is 1. The van der Waals surface area contributed by atoms with Gasteiger partial charge in [-0.1, -0.05) is 12.8 Å². The first-order valence-electron chi connectivity index (χ1n) is 6.78. The van der Waals surface area contributed by atoms with Crippen molar-refractivity contribution in [1.82, 2.24) is 14.6 Å². The standard InChI is InChI=1S/C13H18BrN5O/c1-15-11-6-10(17-12-9(14)7-16-19(11)12)18-13(8-20)4-2-3-5-13/h6-7,15,20H,2-5,8H2,1H3,(H,17,18). The maximum absolute atomic E-state index is 9.70. The number of nitrogens with one attached hydrogen (secondary N) is 2. The lowest BCUT2D eigenvalue weighted by Gasteiger charge is -2.28. The van der Waals surface area contributed by atoms with E-state index >= 15 is 0 Å². The highest BCUT2D eigenvalue weighted by Crippen LogP contribution is 2.33. The second kappa shape index (κ2) is 5.21. The first-order valence-corrected chi connectivity index (χ1v) is 7.58. The van der Waals surface area contributed by atoms with Crippen molar-refractivity contribution < 1.29 is 5.11 Å². The van der Waals surface area contributed by atoms with Crippen molar-refractivity contribution in [2.24, 2.45) is 0 Å². The number of nitrogens with zero attached hydrogens (tertiary/aromatic N) is 3. The van der Waals surface area contributed by atoms with Crippen molar-refractivity contribution >= 4 is 33.2 Å². The van der Waals surface area contributed by atoms with Crippen molar-refractivity contribution in [3.8, 4) is 0 Å². The second-order valence-electron chi connectivity index (χ2n) is 5.28. The van der Waals surface area contributed by atoms with E-state index in [1.807, 2.05) is 13.1 Å². The Morgan fingerprint density at radius 3 is 2.85 bits per heavy atom. The number of aliphatic hydroxyl groups excluding tert-OH is 1. The van der Waals surface area contributed by atoms with E-state index in [4.69, 9.17) is 0 Å². The van der Waals surface area contributed by atoms with Crippen molar-refractivity contribution in [3.63, 3.8) is 0 Å². The van der Waals surface area contributed by atoms with E-state index in [1.54, 1.807) is 10.7 Å². The molecule has 0 aromatic carbocycles. The van der Waals surface area contributed by atoms with E-state index in [0.29, 0.717) is 0 Å². The highest BCUT2D eigenvalue weighted by Gasteiger charge is 2.33. The molecule has 108 valence electrons. The highest BCUT2D eigenvalue weighted by molar-refractivity contribution is 9.10. The Bertz CT molecular complexity index is 620. The van der Waals surface area contributed by atoms with E-state index in [1.165, 1.54) is 0 Å². The van der Waals surface area contributed by atoms with Crippen LogP contribution in [0.15, 0.2) is 16.7 Å². The molecule has 7 heteroatoms. The Labute approximate surface area is 125 Å². The molecule has 6 nitrogen and oxygen atoms in total. The van der Waals surface area contributed by atoms with Gasteiger partial charge in [0.1, 0.15) is 11.6 Å². The minimum absolute atomic E-state index is 0.134. The number of halogens is 1. The third-order valence-corrected chi connectivity index (χ3v) is 4.50. The summed E-state index contributed by atoms with van der Waals surface area (Å²) in [6.45, 7) is 0.134. The number of hydrogen-bond acceptors (Lipinski definition) is 5. The molecule has 0 amide bonds. The topological polar surface area (TPSA) is 74.5 Å². The van der Waals surface area contributed by atoms with Gasteiger partial charge in [-0.2, -0.15) is 9.61 Å². The molecule has 0 atom stereocenters. The molecular formula is C13H18BrN5O. The van der Waals surface area contributed by atoms with Crippen LogP contribution in [0.5, 0.6) is 0 Å². The normalized spacial score (nSPS) is 17.6. The van der Waals surface area contributed by atoms with Crippen LogP contribution in [0, 0.1) is 0 Å². The minimum atomic E-state index is -0.233. The third-order valence-electron chi connectivity index (χ3n) is 3.94. The van der Waals surface area contributed by atoms with Gasteiger partial charge in [-0.15, -0.1) is 0 Å².